The molecule has 22 heavy (non-hydrogen) atoms. The average molecular weight is 331 g/mol. The Labute approximate surface area is 143 Å². The van der Waals surface area contributed by atoms with Crippen LogP contribution in [-0.2, 0) is 6.42 Å². The van der Waals surface area contributed by atoms with Gasteiger partial charge in [0.2, 0.25) is 0 Å². The van der Waals surface area contributed by atoms with E-state index in [1.54, 1.807) is 16.7 Å². The monoisotopic (exact) mass is 330 g/mol. The van der Waals surface area contributed by atoms with E-state index in [2.05, 4.69) is 48.4 Å². The molecule has 4 unspecified atom stereocenters. The highest BCUT2D eigenvalue weighted by Gasteiger charge is 2.44. The highest BCUT2D eigenvalue weighted by molar-refractivity contribution is 8.03. The Morgan fingerprint density at radius 1 is 1.05 bits per heavy atom. The van der Waals surface area contributed by atoms with Gasteiger partial charge in [0, 0.05) is 16.8 Å². The molecule has 0 radical (unpaired) electrons. The summed E-state index contributed by atoms with van der Waals surface area (Å²) in [5.41, 5.74) is 4.89. The maximum absolute atomic E-state index is 2.69. The molecule has 0 amide bonds. The minimum atomic E-state index is 0.775. The predicted octanol–water partition coefficient (Wildman–Crippen LogP) is 5.53. The molecule has 3 aliphatic carbocycles. The molecule has 0 nitrogen and oxygen atoms in total. The Bertz CT molecular complexity index is 563. The molecular weight excluding hydrogens is 304 g/mol. The normalized spacial score (nSPS) is 32.9. The van der Waals surface area contributed by atoms with Crippen molar-refractivity contribution in [3.8, 4) is 0 Å². The van der Waals surface area contributed by atoms with Gasteiger partial charge in [-0.15, -0.1) is 0 Å². The summed E-state index contributed by atoms with van der Waals surface area (Å²) in [6.07, 6.45) is 12.0. The van der Waals surface area contributed by atoms with Crippen molar-refractivity contribution in [2.75, 3.05) is 17.8 Å². The van der Waals surface area contributed by atoms with Crippen molar-refractivity contribution in [3.05, 3.63) is 41.5 Å². The van der Waals surface area contributed by atoms with E-state index in [4.69, 9.17) is 0 Å². The summed E-state index contributed by atoms with van der Waals surface area (Å²) in [5.74, 6) is 5.40. The van der Waals surface area contributed by atoms with Crippen LogP contribution in [-0.4, -0.2) is 23.0 Å². The number of allylic oxidation sites excluding steroid dienone is 1. The van der Waals surface area contributed by atoms with Gasteiger partial charge in [-0.1, -0.05) is 36.8 Å². The molecule has 0 aliphatic heterocycles. The summed E-state index contributed by atoms with van der Waals surface area (Å²) in [5, 5.41) is 0.775. The lowest BCUT2D eigenvalue weighted by molar-refractivity contribution is 0.288. The van der Waals surface area contributed by atoms with Gasteiger partial charge in [0.15, 0.2) is 0 Å². The smallest absolute Gasteiger partial charge is 0.0264 e. The van der Waals surface area contributed by atoms with Crippen LogP contribution in [0.1, 0.15) is 36.8 Å². The number of hydrogen-bond donors (Lipinski definition) is 0. The molecule has 4 rings (SSSR count). The maximum Gasteiger partial charge on any atom is 0.0264 e. The summed E-state index contributed by atoms with van der Waals surface area (Å²) in [7, 11) is 0. The third kappa shape index (κ3) is 2.67. The molecule has 2 heteroatoms. The molecular formula is C20H26S2. The Balaban J connectivity index is 1.67. The van der Waals surface area contributed by atoms with Crippen LogP contribution in [0.2, 0.25) is 0 Å². The number of benzene rings is 1. The van der Waals surface area contributed by atoms with Gasteiger partial charge < -0.3 is 0 Å². The number of hydrogen-bond acceptors (Lipinski definition) is 2. The van der Waals surface area contributed by atoms with E-state index in [0.717, 1.165) is 23.0 Å². The average Bonchev–Trinajstić information content (AvgIpc) is 3.05. The minimum Gasteiger partial charge on any atom is -0.165 e. The standard InChI is InChI=1S/C20H26S2/c1-21-11-12-22-20-13-19-15-6-3-2-5-14(15)9-10-17(19)16-7-4-8-18(16)20/h2-3,5-6,13,16-18,20H,4,7-12H2,1H3. The van der Waals surface area contributed by atoms with Crippen molar-refractivity contribution in [1.82, 2.24) is 0 Å². The molecule has 0 heterocycles. The predicted molar refractivity (Wildman–Crippen MR) is 102 cm³/mol. The van der Waals surface area contributed by atoms with Gasteiger partial charge in [-0.3, -0.25) is 0 Å². The number of thioether (sulfide) groups is 2. The van der Waals surface area contributed by atoms with E-state index in [1.165, 1.54) is 43.6 Å². The van der Waals surface area contributed by atoms with Gasteiger partial charge in [-0.25, -0.2) is 0 Å². The summed E-state index contributed by atoms with van der Waals surface area (Å²) in [6.45, 7) is 0. The van der Waals surface area contributed by atoms with Crippen LogP contribution >= 0.6 is 23.5 Å². The maximum atomic E-state index is 2.69. The van der Waals surface area contributed by atoms with Gasteiger partial charge in [-0.2, -0.15) is 23.5 Å². The summed E-state index contributed by atoms with van der Waals surface area (Å²) >= 11 is 4.22. The molecule has 0 saturated heterocycles. The number of fused-ring (bicyclic) bond motifs is 5. The van der Waals surface area contributed by atoms with Crippen molar-refractivity contribution >= 4 is 29.1 Å². The van der Waals surface area contributed by atoms with E-state index in [-0.39, 0.29) is 0 Å². The summed E-state index contributed by atoms with van der Waals surface area (Å²) < 4.78 is 0. The van der Waals surface area contributed by atoms with Gasteiger partial charge in [0.25, 0.3) is 0 Å². The second-order valence-electron chi connectivity index (χ2n) is 7.01. The summed E-state index contributed by atoms with van der Waals surface area (Å²) in [4.78, 5) is 0. The Morgan fingerprint density at radius 2 is 1.91 bits per heavy atom. The van der Waals surface area contributed by atoms with E-state index in [1.807, 2.05) is 11.8 Å². The second-order valence-corrected chi connectivity index (χ2v) is 9.28. The van der Waals surface area contributed by atoms with Crippen molar-refractivity contribution in [3.63, 3.8) is 0 Å². The lowest BCUT2D eigenvalue weighted by Crippen LogP contribution is -2.34. The van der Waals surface area contributed by atoms with E-state index >= 15 is 0 Å². The fraction of sp³-hybridized carbons (Fsp3) is 0.600. The lowest BCUT2D eigenvalue weighted by atomic mass is 9.66. The molecule has 1 saturated carbocycles. The zero-order chi connectivity index (χ0) is 14.9. The highest BCUT2D eigenvalue weighted by atomic mass is 32.2. The highest BCUT2D eigenvalue weighted by Crippen LogP contribution is 2.54. The molecule has 0 aromatic heterocycles. The fourth-order valence-electron chi connectivity index (χ4n) is 5.01. The van der Waals surface area contributed by atoms with Crippen LogP contribution in [0.25, 0.3) is 5.57 Å². The van der Waals surface area contributed by atoms with Gasteiger partial charge in [0.05, 0.1) is 0 Å². The van der Waals surface area contributed by atoms with E-state index < -0.39 is 0 Å². The molecule has 0 N–H and O–H groups in total. The third-order valence-corrected chi connectivity index (χ3v) is 8.14. The molecule has 1 aromatic carbocycles. The molecule has 3 aliphatic rings. The van der Waals surface area contributed by atoms with Crippen molar-refractivity contribution < 1.29 is 0 Å². The SMILES string of the molecule is CSCCSC1C=C2c3ccccc3CCC2C2CCCC12. The first-order valence-electron chi connectivity index (χ1n) is 8.79. The molecule has 1 aromatic rings. The Kier molecular flexibility index (Phi) is 4.59. The van der Waals surface area contributed by atoms with Crippen LogP contribution in [0.4, 0.5) is 0 Å². The van der Waals surface area contributed by atoms with Crippen molar-refractivity contribution in [2.45, 2.75) is 37.4 Å². The number of aryl methyl sites for hydroxylation is 1. The summed E-state index contributed by atoms with van der Waals surface area (Å²) in [6, 6.07) is 9.18. The molecule has 118 valence electrons. The van der Waals surface area contributed by atoms with Crippen molar-refractivity contribution in [2.24, 2.45) is 17.8 Å². The third-order valence-electron chi connectivity index (χ3n) is 5.96. The van der Waals surface area contributed by atoms with Crippen LogP contribution in [0, 0.1) is 17.8 Å². The second kappa shape index (κ2) is 6.65. The van der Waals surface area contributed by atoms with Crippen LogP contribution in [0.5, 0.6) is 0 Å². The van der Waals surface area contributed by atoms with Crippen LogP contribution in [0.3, 0.4) is 0 Å². The molecule has 4 atom stereocenters. The van der Waals surface area contributed by atoms with Crippen molar-refractivity contribution in [1.29, 1.82) is 0 Å². The Hall–Kier alpha value is -0.340. The zero-order valence-corrected chi connectivity index (χ0v) is 15.1. The first-order chi connectivity index (χ1) is 10.9. The lowest BCUT2D eigenvalue weighted by Gasteiger charge is -2.42. The minimum absolute atomic E-state index is 0.775. The molecule has 0 bridgehead atoms. The first kappa shape index (κ1) is 15.2. The van der Waals surface area contributed by atoms with E-state index in [0.29, 0.717) is 0 Å². The van der Waals surface area contributed by atoms with Gasteiger partial charge >= 0.3 is 0 Å². The Morgan fingerprint density at radius 3 is 2.82 bits per heavy atom. The zero-order valence-electron chi connectivity index (χ0n) is 13.5. The molecule has 1 fully saturated rings. The van der Waals surface area contributed by atoms with Gasteiger partial charge in [0.1, 0.15) is 0 Å². The van der Waals surface area contributed by atoms with E-state index in [9.17, 15) is 0 Å². The quantitative estimate of drug-likeness (QED) is 0.666. The molecule has 0 spiro atoms. The first-order valence-corrected chi connectivity index (χ1v) is 11.2. The van der Waals surface area contributed by atoms with Crippen LogP contribution < -0.4 is 0 Å². The fourth-order valence-corrected chi connectivity index (χ4v) is 7.16. The largest absolute Gasteiger partial charge is 0.165 e. The number of rotatable bonds is 4. The topological polar surface area (TPSA) is 0 Å². The van der Waals surface area contributed by atoms with Gasteiger partial charge in [-0.05, 0) is 66.4 Å². The van der Waals surface area contributed by atoms with Crippen LogP contribution in [0.15, 0.2) is 30.3 Å².